The molecule has 6 nitrogen and oxygen atoms in total. The second-order valence-corrected chi connectivity index (χ2v) is 8.22. The van der Waals surface area contributed by atoms with Crippen LogP contribution in [0.25, 0.3) is 0 Å². The van der Waals surface area contributed by atoms with E-state index in [1.54, 1.807) is 18.0 Å². The van der Waals surface area contributed by atoms with Crippen molar-refractivity contribution in [3.8, 4) is 0 Å². The number of aromatic nitrogens is 1. The van der Waals surface area contributed by atoms with Gasteiger partial charge in [0.25, 0.3) is 0 Å². The molecule has 0 radical (unpaired) electrons. The molecule has 1 aromatic rings. The van der Waals surface area contributed by atoms with E-state index in [4.69, 9.17) is 4.74 Å². The van der Waals surface area contributed by atoms with Crippen molar-refractivity contribution >= 4 is 17.8 Å². The van der Waals surface area contributed by atoms with Crippen molar-refractivity contribution in [2.24, 2.45) is 0 Å². The SMILES string of the molecule is CC(=O)N1CCC[C@@H]1c1cccnc1N(C(=O)OC(C)(C)C)C1CCC1. The van der Waals surface area contributed by atoms with Crippen molar-refractivity contribution in [3.63, 3.8) is 0 Å². The number of likely N-dealkylation sites (tertiary alicyclic amines) is 1. The first-order valence-electron chi connectivity index (χ1n) is 9.52. The Balaban J connectivity index is 1.97. The van der Waals surface area contributed by atoms with E-state index in [-0.39, 0.29) is 24.1 Å². The van der Waals surface area contributed by atoms with Crippen LogP contribution in [0.3, 0.4) is 0 Å². The van der Waals surface area contributed by atoms with Gasteiger partial charge in [0.1, 0.15) is 11.4 Å². The first kappa shape index (κ1) is 18.7. The van der Waals surface area contributed by atoms with Crippen LogP contribution in [0.2, 0.25) is 0 Å². The van der Waals surface area contributed by atoms with Crippen LogP contribution in [0.1, 0.15) is 71.4 Å². The van der Waals surface area contributed by atoms with Crippen LogP contribution in [-0.2, 0) is 9.53 Å². The average Bonchev–Trinajstić information content (AvgIpc) is 2.98. The minimum absolute atomic E-state index is 0.0267. The molecule has 26 heavy (non-hydrogen) atoms. The number of carbonyl (C=O) groups excluding carboxylic acids is 2. The first-order chi connectivity index (χ1) is 12.3. The van der Waals surface area contributed by atoms with Crippen LogP contribution in [-0.4, -0.2) is 40.1 Å². The van der Waals surface area contributed by atoms with Crippen molar-refractivity contribution < 1.29 is 14.3 Å². The van der Waals surface area contributed by atoms with E-state index >= 15 is 0 Å². The average molecular weight is 359 g/mol. The smallest absolute Gasteiger partial charge is 0.416 e. The molecular weight excluding hydrogens is 330 g/mol. The summed E-state index contributed by atoms with van der Waals surface area (Å²) in [6.07, 6.45) is 6.23. The zero-order chi connectivity index (χ0) is 18.9. The lowest BCUT2D eigenvalue weighted by atomic mass is 9.91. The van der Waals surface area contributed by atoms with Gasteiger partial charge in [0.05, 0.1) is 6.04 Å². The molecule has 1 aliphatic heterocycles. The lowest BCUT2D eigenvalue weighted by molar-refractivity contribution is -0.129. The Kier molecular flexibility index (Phi) is 5.21. The molecule has 1 atom stereocenters. The highest BCUT2D eigenvalue weighted by molar-refractivity contribution is 5.89. The molecule has 2 heterocycles. The number of pyridine rings is 1. The molecule has 1 saturated carbocycles. The van der Waals surface area contributed by atoms with E-state index < -0.39 is 5.60 Å². The Hall–Kier alpha value is -2.11. The number of amides is 2. The number of rotatable bonds is 3. The highest BCUT2D eigenvalue weighted by Gasteiger charge is 2.38. The second-order valence-electron chi connectivity index (χ2n) is 8.22. The van der Waals surface area contributed by atoms with Gasteiger partial charge >= 0.3 is 6.09 Å². The second kappa shape index (κ2) is 7.25. The molecule has 0 unspecified atom stereocenters. The number of hydrogen-bond acceptors (Lipinski definition) is 4. The van der Waals surface area contributed by atoms with Gasteiger partial charge in [-0.1, -0.05) is 6.07 Å². The molecule has 0 spiro atoms. The van der Waals surface area contributed by atoms with E-state index in [1.807, 2.05) is 37.8 Å². The van der Waals surface area contributed by atoms with Gasteiger partial charge in [-0.25, -0.2) is 9.78 Å². The molecule has 1 saturated heterocycles. The number of anilines is 1. The fourth-order valence-electron chi connectivity index (χ4n) is 3.70. The summed E-state index contributed by atoms with van der Waals surface area (Å²) in [4.78, 5) is 33.2. The Morgan fingerprint density at radius 1 is 1.23 bits per heavy atom. The van der Waals surface area contributed by atoms with Crippen molar-refractivity contribution in [3.05, 3.63) is 23.9 Å². The molecule has 6 heteroatoms. The minimum atomic E-state index is -0.563. The van der Waals surface area contributed by atoms with Crippen LogP contribution in [0.5, 0.6) is 0 Å². The van der Waals surface area contributed by atoms with E-state index in [2.05, 4.69) is 4.98 Å². The summed E-state index contributed by atoms with van der Waals surface area (Å²) in [6.45, 7) is 7.98. The molecule has 2 amide bonds. The normalized spacial score (nSPS) is 20.6. The molecule has 0 N–H and O–H groups in total. The van der Waals surface area contributed by atoms with Gasteiger partial charge in [0.15, 0.2) is 0 Å². The number of carbonyl (C=O) groups is 2. The third-order valence-electron chi connectivity index (χ3n) is 5.09. The summed E-state index contributed by atoms with van der Waals surface area (Å²) >= 11 is 0. The molecule has 2 fully saturated rings. The highest BCUT2D eigenvalue weighted by Crippen LogP contribution is 2.39. The van der Waals surface area contributed by atoms with Crippen LogP contribution in [0.4, 0.5) is 10.6 Å². The van der Waals surface area contributed by atoms with Crippen molar-refractivity contribution in [1.29, 1.82) is 0 Å². The Bertz CT molecular complexity index is 679. The summed E-state index contributed by atoms with van der Waals surface area (Å²) in [6, 6.07) is 3.96. The van der Waals surface area contributed by atoms with Crippen LogP contribution < -0.4 is 4.90 Å². The fourth-order valence-corrected chi connectivity index (χ4v) is 3.70. The van der Waals surface area contributed by atoms with Gasteiger partial charge < -0.3 is 9.64 Å². The fraction of sp³-hybridized carbons (Fsp3) is 0.650. The largest absolute Gasteiger partial charge is 0.443 e. The van der Waals surface area contributed by atoms with Gasteiger partial charge in [-0.2, -0.15) is 0 Å². The first-order valence-corrected chi connectivity index (χ1v) is 9.52. The maximum atomic E-state index is 13.0. The molecule has 0 bridgehead atoms. The molecule has 3 rings (SSSR count). The third-order valence-corrected chi connectivity index (χ3v) is 5.09. The molecular formula is C20H29N3O3. The van der Waals surface area contributed by atoms with E-state index in [1.165, 1.54) is 0 Å². The Labute approximate surface area is 155 Å². The zero-order valence-corrected chi connectivity index (χ0v) is 16.2. The number of hydrogen-bond donors (Lipinski definition) is 0. The predicted molar refractivity (Wildman–Crippen MR) is 100.0 cm³/mol. The van der Waals surface area contributed by atoms with Crippen LogP contribution >= 0.6 is 0 Å². The van der Waals surface area contributed by atoms with Crippen molar-refractivity contribution in [2.45, 2.75) is 77.5 Å². The Morgan fingerprint density at radius 3 is 2.54 bits per heavy atom. The lowest BCUT2D eigenvalue weighted by Gasteiger charge is -2.39. The van der Waals surface area contributed by atoms with Gasteiger partial charge in [-0.3, -0.25) is 9.69 Å². The topological polar surface area (TPSA) is 62.7 Å². The summed E-state index contributed by atoms with van der Waals surface area (Å²) in [5.74, 6) is 0.708. The molecule has 142 valence electrons. The lowest BCUT2D eigenvalue weighted by Crippen LogP contribution is -2.48. The van der Waals surface area contributed by atoms with Gasteiger partial charge in [-0.15, -0.1) is 0 Å². The number of ether oxygens (including phenoxy) is 1. The van der Waals surface area contributed by atoms with Gasteiger partial charge in [0.2, 0.25) is 5.91 Å². The Morgan fingerprint density at radius 2 is 1.96 bits per heavy atom. The summed E-state index contributed by atoms with van der Waals surface area (Å²) < 4.78 is 5.67. The summed E-state index contributed by atoms with van der Waals surface area (Å²) in [5, 5.41) is 0. The maximum absolute atomic E-state index is 13.0. The van der Waals surface area contributed by atoms with Gasteiger partial charge in [-0.05, 0) is 58.9 Å². The van der Waals surface area contributed by atoms with E-state index in [9.17, 15) is 9.59 Å². The van der Waals surface area contributed by atoms with Crippen LogP contribution in [0.15, 0.2) is 18.3 Å². The van der Waals surface area contributed by atoms with Crippen LogP contribution in [0, 0.1) is 0 Å². The highest BCUT2D eigenvalue weighted by atomic mass is 16.6. The minimum Gasteiger partial charge on any atom is -0.443 e. The number of nitrogens with zero attached hydrogens (tertiary/aromatic N) is 3. The quantitative estimate of drug-likeness (QED) is 0.816. The van der Waals surface area contributed by atoms with Gasteiger partial charge in [0, 0.05) is 31.3 Å². The maximum Gasteiger partial charge on any atom is 0.416 e. The summed E-state index contributed by atoms with van der Waals surface area (Å²) in [5.41, 5.74) is 0.380. The molecule has 1 aliphatic carbocycles. The molecule has 1 aromatic heterocycles. The molecule has 2 aliphatic rings. The summed E-state index contributed by atoms with van der Waals surface area (Å²) in [7, 11) is 0. The monoisotopic (exact) mass is 359 g/mol. The van der Waals surface area contributed by atoms with E-state index in [0.717, 1.165) is 44.2 Å². The molecule has 0 aromatic carbocycles. The van der Waals surface area contributed by atoms with E-state index in [0.29, 0.717) is 5.82 Å². The standard InChI is InChI=1S/C20H29N3O3/c1-14(24)22-13-7-11-17(22)16-10-6-12-21-18(16)23(15-8-5-9-15)19(25)26-20(2,3)4/h6,10,12,15,17H,5,7-9,11,13H2,1-4H3/t17-/m1/s1. The predicted octanol–water partition coefficient (Wildman–Crippen LogP) is 4.06. The third kappa shape index (κ3) is 3.84. The van der Waals surface area contributed by atoms with Crippen molar-refractivity contribution in [2.75, 3.05) is 11.4 Å². The zero-order valence-electron chi connectivity index (χ0n) is 16.2. The van der Waals surface area contributed by atoms with Crippen molar-refractivity contribution in [1.82, 2.24) is 9.88 Å².